The van der Waals surface area contributed by atoms with Crippen molar-refractivity contribution in [1.29, 1.82) is 0 Å². The molecule has 1 heterocycles. The van der Waals surface area contributed by atoms with Crippen molar-refractivity contribution >= 4 is 32.5 Å². The van der Waals surface area contributed by atoms with E-state index in [2.05, 4.69) is 28.9 Å². The van der Waals surface area contributed by atoms with Crippen molar-refractivity contribution in [3.8, 4) is 0 Å². The Morgan fingerprint density at radius 3 is 3.18 bits per heavy atom. The predicted molar refractivity (Wildman–Crippen MR) is 50.3 cm³/mol. The summed E-state index contributed by atoms with van der Waals surface area (Å²) in [6.07, 6.45) is 0. The highest BCUT2D eigenvalue weighted by molar-refractivity contribution is 7.99. The van der Waals surface area contributed by atoms with Crippen LogP contribution in [0.3, 0.4) is 0 Å². The molecule has 0 aromatic rings. The van der Waals surface area contributed by atoms with Crippen LogP contribution >= 0.6 is 21.2 Å². The molecule has 0 spiro atoms. The van der Waals surface area contributed by atoms with Gasteiger partial charge in [0.05, 0.1) is 0 Å². The first kappa shape index (κ1) is 8.77. The van der Waals surface area contributed by atoms with Crippen LogP contribution in [-0.2, 0) is 4.84 Å². The Morgan fingerprint density at radius 1 is 2.00 bits per heavy atom. The van der Waals surface area contributed by atoms with E-state index < -0.39 is 0 Å². The summed E-state index contributed by atoms with van der Waals surface area (Å²) in [5, 5.41) is 3.66. The van der Waals surface area contributed by atoms with Crippen LogP contribution in [0.15, 0.2) is 10.1 Å². The van der Waals surface area contributed by atoms with E-state index in [0.717, 1.165) is 0 Å². The van der Waals surface area contributed by atoms with Crippen LogP contribution in [-0.4, -0.2) is 23.9 Å². The first-order valence-electron chi connectivity index (χ1n) is 2.86. The Kier molecular flexibility index (Phi) is 3.11. The second-order valence-corrected chi connectivity index (χ2v) is 3.22. The highest BCUT2D eigenvalue weighted by atomic mass is 32.2. The molecule has 2 unspecified atom stereocenters. The number of oxime groups is 1. The molecule has 1 rings (SSSR count). The van der Waals surface area contributed by atoms with E-state index in [1.807, 2.05) is 0 Å². The zero-order chi connectivity index (χ0) is 8.27. The molecule has 0 aromatic heterocycles. The van der Waals surface area contributed by atoms with Crippen molar-refractivity contribution in [2.75, 3.05) is 7.11 Å². The van der Waals surface area contributed by atoms with E-state index in [9.17, 15) is 0 Å². The minimum atomic E-state index is -0.243. The number of amidine groups is 1. The van der Waals surface area contributed by atoms with Crippen molar-refractivity contribution in [3.63, 3.8) is 0 Å². The third-order valence-corrected chi connectivity index (χ3v) is 2.00. The van der Waals surface area contributed by atoms with Crippen molar-refractivity contribution in [1.82, 2.24) is 4.72 Å². The van der Waals surface area contributed by atoms with Gasteiger partial charge in [0.2, 0.25) is 0 Å². The Morgan fingerprint density at radius 2 is 2.73 bits per heavy atom. The lowest BCUT2D eigenvalue weighted by molar-refractivity contribution is 0.215. The van der Waals surface area contributed by atoms with Gasteiger partial charge in [0.25, 0.3) is 0 Å². The maximum absolute atomic E-state index is 5.47. The van der Waals surface area contributed by atoms with Gasteiger partial charge in [-0.25, -0.2) is 4.99 Å². The fraction of sp³-hybridized carbons (Fsp3) is 0.500. The molecule has 0 aromatic carbocycles. The SMILES string of the molecule is CO/N=C(\P)C1=NC(N)SN1. The van der Waals surface area contributed by atoms with E-state index >= 15 is 0 Å². The number of aliphatic imine (C=N–C) groups is 1. The summed E-state index contributed by atoms with van der Waals surface area (Å²) in [4.78, 5) is 8.57. The van der Waals surface area contributed by atoms with Crippen LogP contribution in [0.4, 0.5) is 0 Å². The standard InChI is InChI=1S/C4H9N4OPS/c1-9-7-3(10)2-6-4(5)11-8-2/h4H,5,10H2,1H3,(H,6,8)/b7-3-. The summed E-state index contributed by atoms with van der Waals surface area (Å²) < 4.78 is 2.90. The first-order chi connectivity index (χ1) is 5.24. The Balaban J connectivity index is 2.61. The van der Waals surface area contributed by atoms with Gasteiger partial charge >= 0.3 is 0 Å². The average Bonchev–Trinajstić information content (AvgIpc) is 2.36. The van der Waals surface area contributed by atoms with Crippen molar-refractivity contribution in [2.24, 2.45) is 15.9 Å². The molecule has 0 aliphatic carbocycles. The molecule has 7 heteroatoms. The molecule has 1 aliphatic heterocycles. The minimum Gasteiger partial charge on any atom is -0.399 e. The monoisotopic (exact) mass is 192 g/mol. The quantitative estimate of drug-likeness (QED) is 0.273. The summed E-state index contributed by atoms with van der Waals surface area (Å²) in [6.45, 7) is 0. The molecule has 0 fully saturated rings. The molecular weight excluding hydrogens is 183 g/mol. The molecule has 0 saturated heterocycles. The highest BCUT2D eigenvalue weighted by Gasteiger charge is 2.15. The fourth-order valence-corrected chi connectivity index (χ4v) is 1.46. The Labute approximate surface area is 71.2 Å². The van der Waals surface area contributed by atoms with Gasteiger partial charge in [0, 0.05) is 0 Å². The molecular formula is C4H9N4OPS. The van der Waals surface area contributed by atoms with Gasteiger partial charge in [-0.05, 0) is 11.9 Å². The van der Waals surface area contributed by atoms with Crippen molar-refractivity contribution in [2.45, 2.75) is 5.50 Å². The molecule has 0 radical (unpaired) electrons. The van der Waals surface area contributed by atoms with Crippen LogP contribution in [0.25, 0.3) is 0 Å². The van der Waals surface area contributed by atoms with E-state index in [1.54, 1.807) is 0 Å². The summed E-state index contributed by atoms with van der Waals surface area (Å²) in [7, 11) is 3.88. The molecule has 11 heavy (non-hydrogen) atoms. The van der Waals surface area contributed by atoms with E-state index in [4.69, 9.17) is 5.73 Å². The fourth-order valence-electron chi connectivity index (χ4n) is 0.556. The van der Waals surface area contributed by atoms with Crippen LogP contribution in [0.1, 0.15) is 0 Å². The van der Waals surface area contributed by atoms with Crippen LogP contribution in [0, 0.1) is 0 Å². The molecule has 0 bridgehead atoms. The average molecular weight is 192 g/mol. The Hall–Kier alpha value is -0.320. The molecule has 0 amide bonds. The molecule has 0 saturated carbocycles. The number of hydrogen-bond acceptors (Lipinski definition) is 6. The molecule has 5 nitrogen and oxygen atoms in total. The van der Waals surface area contributed by atoms with Gasteiger partial charge < -0.3 is 9.56 Å². The largest absolute Gasteiger partial charge is 0.399 e. The van der Waals surface area contributed by atoms with Gasteiger partial charge in [-0.2, -0.15) is 0 Å². The maximum atomic E-state index is 5.47. The van der Waals surface area contributed by atoms with Gasteiger partial charge in [0.15, 0.2) is 11.3 Å². The smallest absolute Gasteiger partial charge is 0.165 e. The molecule has 62 valence electrons. The molecule has 1 aliphatic rings. The van der Waals surface area contributed by atoms with Crippen LogP contribution in [0.2, 0.25) is 0 Å². The van der Waals surface area contributed by atoms with Crippen LogP contribution < -0.4 is 10.5 Å². The van der Waals surface area contributed by atoms with Gasteiger partial charge in [-0.3, -0.25) is 5.73 Å². The predicted octanol–water partition coefficient (Wildman–Crippen LogP) is -0.286. The van der Waals surface area contributed by atoms with E-state index in [-0.39, 0.29) is 5.50 Å². The van der Waals surface area contributed by atoms with Crippen LogP contribution in [0.5, 0.6) is 0 Å². The summed E-state index contributed by atoms with van der Waals surface area (Å²) in [6, 6.07) is 0. The third-order valence-electron chi connectivity index (χ3n) is 0.965. The molecule has 3 N–H and O–H groups in total. The van der Waals surface area contributed by atoms with Crippen molar-refractivity contribution in [3.05, 3.63) is 0 Å². The van der Waals surface area contributed by atoms with E-state index in [0.29, 0.717) is 11.3 Å². The highest BCUT2D eigenvalue weighted by Crippen LogP contribution is 2.11. The minimum absolute atomic E-state index is 0.243. The maximum Gasteiger partial charge on any atom is 0.165 e. The van der Waals surface area contributed by atoms with Crippen molar-refractivity contribution < 1.29 is 4.84 Å². The number of nitrogens with two attached hydrogens (primary N) is 1. The number of nitrogens with one attached hydrogen (secondary N) is 1. The topological polar surface area (TPSA) is 72.0 Å². The summed E-state index contributed by atoms with van der Waals surface area (Å²) in [5.74, 6) is 0.648. The normalized spacial score (nSPS) is 24.5. The van der Waals surface area contributed by atoms with E-state index in [1.165, 1.54) is 19.1 Å². The number of nitrogens with zero attached hydrogens (tertiary/aromatic N) is 2. The third kappa shape index (κ3) is 2.32. The second kappa shape index (κ2) is 3.90. The lowest BCUT2D eigenvalue weighted by atomic mass is 10.6. The first-order valence-corrected chi connectivity index (χ1v) is 4.32. The summed E-state index contributed by atoms with van der Waals surface area (Å²) in [5.41, 5.74) is 5.84. The number of hydrogen-bond donors (Lipinski definition) is 2. The lowest BCUT2D eigenvalue weighted by Gasteiger charge is -1.96. The Bertz CT molecular complexity index is 206. The molecule has 2 atom stereocenters. The van der Waals surface area contributed by atoms with Gasteiger partial charge in [-0.1, -0.05) is 14.4 Å². The van der Waals surface area contributed by atoms with Gasteiger partial charge in [0.1, 0.15) is 12.6 Å². The zero-order valence-electron chi connectivity index (χ0n) is 5.94. The summed E-state index contributed by atoms with van der Waals surface area (Å²) >= 11 is 1.33. The second-order valence-electron chi connectivity index (χ2n) is 1.75. The lowest BCUT2D eigenvalue weighted by Crippen LogP contribution is -2.17. The zero-order valence-corrected chi connectivity index (χ0v) is 7.91. The number of rotatable bonds is 2. The van der Waals surface area contributed by atoms with Gasteiger partial charge in [-0.15, -0.1) is 0 Å².